The molecule has 0 atom stereocenters. The van der Waals surface area contributed by atoms with E-state index >= 15 is 0 Å². The Kier molecular flexibility index (Phi) is 4.83. The number of benzene rings is 2. The Balaban J connectivity index is 2.00. The third-order valence-electron chi connectivity index (χ3n) is 3.64. The van der Waals surface area contributed by atoms with E-state index < -0.39 is 5.97 Å². The fraction of sp³-hybridized carbons (Fsp3) is 0.0556. The highest BCUT2D eigenvalue weighted by Crippen LogP contribution is 2.29. The lowest BCUT2D eigenvalue weighted by atomic mass is 10.1. The van der Waals surface area contributed by atoms with Crippen LogP contribution in [0.15, 0.2) is 54.2 Å². The average molecular weight is 373 g/mol. The van der Waals surface area contributed by atoms with Gasteiger partial charge in [-0.05, 0) is 42.1 Å². The molecule has 1 N–H and O–H groups in total. The highest BCUT2D eigenvalue weighted by atomic mass is 35.5. The van der Waals surface area contributed by atoms with Crippen LogP contribution in [-0.2, 0) is 9.53 Å². The minimum Gasteiger partial charge on any atom is -0.465 e. The largest absolute Gasteiger partial charge is 0.465 e. The van der Waals surface area contributed by atoms with Gasteiger partial charge in [0, 0.05) is 0 Å². The van der Waals surface area contributed by atoms with Gasteiger partial charge < -0.3 is 10.1 Å². The number of rotatable bonds is 3. The van der Waals surface area contributed by atoms with Gasteiger partial charge in [-0.25, -0.2) is 4.79 Å². The van der Waals surface area contributed by atoms with Gasteiger partial charge in [-0.2, -0.15) is 0 Å². The Labute approximate surface area is 154 Å². The van der Waals surface area contributed by atoms with Crippen LogP contribution < -0.4 is 10.2 Å². The molecule has 2 aromatic carbocycles. The number of amides is 1. The van der Waals surface area contributed by atoms with E-state index in [2.05, 4.69) is 5.32 Å². The summed E-state index contributed by atoms with van der Waals surface area (Å²) in [4.78, 5) is 26.0. The molecule has 1 aliphatic heterocycles. The van der Waals surface area contributed by atoms with Crippen molar-refractivity contribution >= 4 is 52.6 Å². The first-order valence-electron chi connectivity index (χ1n) is 7.32. The van der Waals surface area contributed by atoms with Crippen LogP contribution in [0.5, 0.6) is 0 Å². The molecule has 0 aliphatic carbocycles. The number of nitrogens with one attached hydrogen (secondary N) is 1. The molecule has 1 heterocycles. The number of esters is 1. The molecule has 25 heavy (non-hydrogen) atoms. The van der Waals surface area contributed by atoms with Crippen LogP contribution in [0.25, 0.3) is 6.08 Å². The van der Waals surface area contributed by atoms with Gasteiger partial charge in [0.15, 0.2) is 5.11 Å². The predicted octanol–water partition coefficient (Wildman–Crippen LogP) is 3.39. The number of anilines is 1. The first-order chi connectivity index (χ1) is 12.0. The van der Waals surface area contributed by atoms with E-state index in [0.29, 0.717) is 21.8 Å². The maximum atomic E-state index is 12.8. The van der Waals surface area contributed by atoms with Crippen molar-refractivity contribution < 1.29 is 14.3 Å². The quantitative estimate of drug-likeness (QED) is 0.508. The average Bonchev–Trinajstić information content (AvgIpc) is 2.89. The van der Waals surface area contributed by atoms with Gasteiger partial charge >= 0.3 is 5.97 Å². The number of nitrogens with zero attached hydrogens (tertiary/aromatic N) is 1. The van der Waals surface area contributed by atoms with Crippen molar-refractivity contribution in [3.05, 3.63) is 70.4 Å². The minimum atomic E-state index is -0.483. The topological polar surface area (TPSA) is 58.6 Å². The number of hydrogen-bond acceptors (Lipinski definition) is 4. The zero-order valence-electron chi connectivity index (χ0n) is 13.2. The summed E-state index contributed by atoms with van der Waals surface area (Å²) >= 11 is 11.4. The molecule has 1 aliphatic rings. The molecule has 5 nitrogen and oxygen atoms in total. The summed E-state index contributed by atoms with van der Waals surface area (Å²) in [5.41, 5.74) is 1.65. The molecule has 0 saturated carbocycles. The van der Waals surface area contributed by atoms with E-state index in [0.717, 1.165) is 0 Å². The van der Waals surface area contributed by atoms with Gasteiger partial charge in [0.2, 0.25) is 0 Å². The van der Waals surface area contributed by atoms with Crippen LogP contribution in [0.3, 0.4) is 0 Å². The number of ether oxygens (including phenoxy) is 1. The predicted molar refractivity (Wildman–Crippen MR) is 100 cm³/mol. The summed E-state index contributed by atoms with van der Waals surface area (Å²) in [6.07, 6.45) is 1.57. The molecule has 0 bridgehead atoms. The van der Waals surface area contributed by atoms with Crippen molar-refractivity contribution in [2.45, 2.75) is 0 Å². The molecule has 2 aromatic rings. The van der Waals surface area contributed by atoms with Gasteiger partial charge in [0.25, 0.3) is 5.91 Å². The molecule has 7 heteroatoms. The molecule has 1 saturated heterocycles. The maximum Gasteiger partial charge on any atom is 0.338 e. The van der Waals surface area contributed by atoms with Gasteiger partial charge in [0.1, 0.15) is 5.70 Å². The smallest absolute Gasteiger partial charge is 0.338 e. The number of carbonyl (C=O) groups is 2. The van der Waals surface area contributed by atoms with Crippen molar-refractivity contribution in [2.24, 2.45) is 0 Å². The zero-order chi connectivity index (χ0) is 18.0. The van der Waals surface area contributed by atoms with E-state index in [1.54, 1.807) is 54.6 Å². The molecule has 0 radical (unpaired) electrons. The second kappa shape index (κ2) is 7.04. The summed E-state index contributed by atoms with van der Waals surface area (Å²) in [5.74, 6) is -0.832. The summed E-state index contributed by atoms with van der Waals surface area (Å²) < 4.78 is 4.77. The molecule has 1 amide bonds. The summed E-state index contributed by atoms with van der Waals surface area (Å²) in [6, 6.07) is 13.8. The number of thiocarbonyl (C=S) groups is 1. The van der Waals surface area contributed by atoms with Crippen molar-refractivity contribution in [1.82, 2.24) is 5.32 Å². The van der Waals surface area contributed by atoms with E-state index in [1.165, 1.54) is 12.0 Å². The molecule has 0 unspecified atom stereocenters. The number of para-hydroxylation sites is 1. The molecular formula is C18H13ClN2O3S. The maximum absolute atomic E-state index is 12.8. The Morgan fingerprint density at radius 2 is 1.88 bits per heavy atom. The Bertz CT molecular complexity index is 911. The van der Waals surface area contributed by atoms with Crippen LogP contribution in [-0.4, -0.2) is 24.1 Å². The summed E-state index contributed by atoms with van der Waals surface area (Å²) in [5, 5.41) is 3.51. The van der Waals surface area contributed by atoms with Crippen LogP contribution in [0.2, 0.25) is 5.02 Å². The number of methoxy groups -OCH3 is 1. The zero-order valence-corrected chi connectivity index (χ0v) is 14.7. The van der Waals surface area contributed by atoms with E-state index in [1.807, 2.05) is 0 Å². The first-order valence-corrected chi connectivity index (χ1v) is 8.10. The van der Waals surface area contributed by atoms with Crippen molar-refractivity contribution in [3.63, 3.8) is 0 Å². The van der Waals surface area contributed by atoms with E-state index in [-0.39, 0.29) is 16.7 Å². The lowest BCUT2D eigenvalue weighted by Crippen LogP contribution is -2.30. The lowest BCUT2D eigenvalue weighted by Gasteiger charge is -2.15. The SMILES string of the molecule is COC(=O)c1ccccc1/C=C1\NC(=S)N(c2ccccc2Cl)C1=O. The van der Waals surface area contributed by atoms with Crippen LogP contribution in [0.1, 0.15) is 15.9 Å². The first kappa shape index (κ1) is 17.1. The molecule has 1 fully saturated rings. The van der Waals surface area contributed by atoms with Crippen LogP contribution >= 0.6 is 23.8 Å². The van der Waals surface area contributed by atoms with Crippen molar-refractivity contribution in [1.29, 1.82) is 0 Å². The molecular weight excluding hydrogens is 360 g/mol. The van der Waals surface area contributed by atoms with E-state index in [9.17, 15) is 9.59 Å². The summed E-state index contributed by atoms with van der Waals surface area (Å²) in [6.45, 7) is 0. The molecule has 3 rings (SSSR count). The second-order valence-electron chi connectivity index (χ2n) is 5.16. The molecule has 0 aromatic heterocycles. The highest BCUT2D eigenvalue weighted by molar-refractivity contribution is 7.80. The van der Waals surface area contributed by atoms with Gasteiger partial charge in [-0.3, -0.25) is 9.69 Å². The Morgan fingerprint density at radius 3 is 2.60 bits per heavy atom. The van der Waals surface area contributed by atoms with Gasteiger partial charge in [0.05, 0.1) is 23.4 Å². The fourth-order valence-electron chi connectivity index (χ4n) is 2.46. The fourth-order valence-corrected chi connectivity index (χ4v) is 2.97. The highest BCUT2D eigenvalue weighted by Gasteiger charge is 2.33. The van der Waals surface area contributed by atoms with Gasteiger partial charge in [-0.1, -0.05) is 41.9 Å². The lowest BCUT2D eigenvalue weighted by molar-refractivity contribution is -0.113. The number of carbonyl (C=O) groups excluding carboxylic acids is 2. The number of hydrogen-bond donors (Lipinski definition) is 1. The third kappa shape index (κ3) is 3.26. The Hall–Kier alpha value is -2.70. The minimum absolute atomic E-state index is 0.222. The monoisotopic (exact) mass is 372 g/mol. The normalized spacial score (nSPS) is 15.4. The van der Waals surface area contributed by atoms with E-state index in [4.69, 9.17) is 28.6 Å². The second-order valence-corrected chi connectivity index (χ2v) is 5.95. The van der Waals surface area contributed by atoms with Crippen LogP contribution in [0.4, 0.5) is 5.69 Å². The third-order valence-corrected chi connectivity index (χ3v) is 4.24. The van der Waals surface area contributed by atoms with Crippen molar-refractivity contribution in [3.8, 4) is 0 Å². The Morgan fingerprint density at radius 1 is 1.20 bits per heavy atom. The molecule has 0 spiro atoms. The standard InChI is InChI=1S/C18H13ClN2O3S/c1-24-17(23)12-7-3-2-6-11(12)10-14-16(22)21(18(25)20-14)15-9-5-4-8-13(15)19/h2-10H,1H3,(H,20,25)/b14-10-. The number of halogens is 1. The van der Waals surface area contributed by atoms with Crippen molar-refractivity contribution in [2.75, 3.05) is 12.0 Å². The van der Waals surface area contributed by atoms with Gasteiger partial charge in [-0.15, -0.1) is 0 Å². The molecule has 126 valence electrons. The van der Waals surface area contributed by atoms with Crippen LogP contribution in [0, 0.1) is 0 Å². The summed E-state index contributed by atoms with van der Waals surface area (Å²) in [7, 11) is 1.31.